The number of aromatic nitrogens is 1. The molecule has 0 spiro atoms. The maximum atomic E-state index is 13.0. The highest BCUT2D eigenvalue weighted by atomic mass is 127. The van der Waals surface area contributed by atoms with Crippen LogP contribution in [0.5, 0.6) is 0 Å². The summed E-state index contributed by atoms with van der Waals surface area (Å²) in [5, 5.41) is 0. The molecule has 7 heteroatoms. The van der Waals surface area contributed by atoms with Crippen molar-refractivity contribution in [3.05, 3.63) is 26.8 Å². The van der Waals surface area contributed by atoms with Crippen LogP contribution in [0.4, 0.5) is 13.2 Å². The van der Waals surface area contributed by atoms with Gasteiger partial charge in [0, 0.05) is 9.77 Å². The fourth-order valence-corrected chi connectivity index (χ4v) is 1.85. The van der Waals surface area contributed by atoms with Gasteiger partial charge in [0.15, 0.2) is 0 Å². The molecule has 1 heterocycles. The minimum absolute atomic E-state index is 0.00509. The zero-order valence-corrected chi connectivity index (χ0v) is 10.3. The molecule has 0 unspecified atom stereocenters. The monoisotopic (exact) mass is 345 g/mol. The number of halogens is 4. The number of esters is 1. The van der Waals surface area contributed by atoms with E-state index in [0.29, 0.717) is 0 Å². The van der Waals surface area contributed by atoms with Gasteiger partial charge in [0.2, 0.25) is 5.95 Å². The smallest absolute Gasteiger partial charge is 0.310 e. The number of carbonyl (C=O) groups excluding carboxylic acids is 1. The van der Waals surface area contributed by atoms with Gasteiger partial charge in [-0.3, -0.25) is 4.79 Å². The lowest BCUT2D eigenvalue weighted by molar-refractivity contribution is -0.139. The third kappa shape index (κ3) is 2.83. The van der Waals surface area contributed by atoms with Crippen LogP contribution in [0.3, 0.4) is 0 Å². The van der Waals surface area contributed by atoms with Crippen LogP contribution >= 0.6 is 22.6 Å². The number of ether oxygens (including phenoxy) is 1. The zero-order valence-electron chi connectivity index (χ0n) is 8.14. The Morgan fingerprint density at radius 2 is 2.25 bits per heavy atom. The molecule has 88 valence electrons. The summed E-state index contributed by atoms with van der Waals surface area (Å²) in [4.78, 5) is 14.2. The number of alkyl halides is 2. The van der Waals surface area contributed by atoms with Gasteiger partial charge in [-0.2, -0.15) is 4.39 Å². The first-order chi connectivity index (χ1) is 7.47. The van der Waals surface area contributed by atoms with Crippen LogP contribution in [0.25, 0.3) is 0 Å². The molecule has 0 saturated carbocycles. The largest absolute Gasteiger partial charge is 0.469 e. The highest BCUT2D eigenvalue weighted by Gasteiger charge is 2.22. The highest BCUT2D eigenvalue weighted by Crippen LogP contribution is 2.28. The van der Waals surface area contributed by atoms with Gasteiger partial charge in [0.1, 0.15) is 0 Å². The van der Waals surface area contributed by atoms with Crippen LogP contribution in [-0.2, 0) is 16.0 Å². The average molecular weight is 345 g/mol. The Labute approximate surface area is 103 Å². The van der Waals surface area contributed by atoms with E-state index in [1.807, 2.05) is 0 Å². The first-order valence-electron chi connectivity index (χ1n) is 4.15. The summed E-state index contributed by atoms with van der Waals surface area (Å²) in [5.74, 6) is -1.81. The minimum atomic E-state index is -2.96. The molecule has 0 aliphatic carbocycles. The van der Waals surface area contributed by atoms with Crippen LogP contribution in [0.1, 0.15) is 17.6 Å². The molecule has 1 rings (SSSR count). The number of hydrogen-bond acceptors (Lipinski definition) is 3. The van der Waals surface area contributed by atoms with E-state index in [-0.39, 0.29) is 15.6 Å². The molecule has 0 atom stereocenters. The first-order valence-corrected chi connectivity index (χ1v) is 5.23. The summed E-state index contributed by atoms with van der Waals surface area (Å²) in [6, 6.07) is 0. The molecule has 16 heavy (non-hydrogen) atoms. The molecular formula is C9H7F3INO2. The lowest BCUT2D eigenvalue weighted by Gasteiger charge is -2.08. The average Bonchev–Trinajstić information content (AvgIpc) is 2.21. The first kappa shape index (κ1) is 13.2. The van der Waals surface area contributed by atoms with E-state index in [1.54, 1.807) is 22.6 Å². The topological polar surface area (TPSA) is 39.2 Å². The van der Waals surface area contributed by atoms with E-state index >= 15 is 0 Å². The van der Waals surface area contributed by atoms with Gasteiger partial charge in [-0.1, -0.05) is 0 Å². The van der Waals surface area contributed by atoms with Gasteiger partial charge in [-0.15, -0.1) is 0 Å². The van der Waals surface area contributed by atoms with E-state index in [1.165, 1.54) is 7.11 Å². The number of nitrogens with zero attached hydrogens (tertiary/aromatic N) is 1. The lowest BCUT2D eigenvalue weighted by Crippen LogP contribution is -2.09. The summed E-state index contributed by atoms with van der Waals surface area (Å²) in [5.41, 5.74) is -0.550. The Kier molecular flexibility index (Phi) is 4.51. The maximum absolute atomic E-state index is 13.0. The molecule has 0 N–H and O–H groups in total. The second kappa shape index (κ2) is 5.46. The molecule has 0 aliphatic rings. The van der Waals surface area contributed by atoms with Crippen LogP contribution in [0.15, 0.2) is 6.20 Å². The Morgan fingerprint density at radius 1 is 1.62 bits per heavy atom. The molecule has 0 aliphatic heterocycles. The molecular weight excluding hydrogens is 338 g/mol. The fraction of sp³-hybridized carbons (Fsp3) is 0.333. The quantitative estimate of drug-likeness (QED) is 0.480. The third-order valence-electron chi connectivity index (χ3n) is 1.86. The van der Waals surface area contributed by atoms with Crippen molar-refractivity contribution in [3.8, 4) is 0 Å². The van der Waals surface area contributed by atoms with Gasteiger partial charge in [0.05, 0.1) is 19.1 Å². The molecule has 0 radical (unpaired) electrons. The summed E-state index contributed by atoms with van der Waals surface area (Å²) < 4.78 is 42.4. The summed E-state index contributed by atoms with van der Waals surface area (Å²) >= 11 is 1.56. The number of hydrogen-bond donors (Lipinski definition) is 0. The van der Waals surface area contributed by atoms with Gasteiger partial charge in [0.25, 0.3) is 6.43 Å². The van der Waals surface area contributed by atoms with Crippen molar-refractivity contribution in [2.75, 3.05) is 7.11 Å². The van der Waals surface area contributed by atoms with Crippen molar-refractivity contribution >= 4 is 28.6 Å². The van der Waals surface area contributed by atoms with E-state index in [4.69, 9.17) is 0 Å². The molecule has 0 aromatic carbocycles. The zero-order chi connectivity index (χ0) is 12.3. The molecule has 0 fully saturated rings. The standard InChI is InChI=1S/C9H7F3INO2/c1-16-5(15)2-4-3-14-9(12)6(7(4)13)8(10)11/h3,8H,2H2,1H3. The van der Waals surface area contributed by atoms with E-state index < -0.39 is 23.9 Å². The van der Waals surface area contributed by atoms with Crippen LogP contribution in [0, 0.1) is 9.52 Å². The van der Waals surface area contributed by atoms with Crippen LogP contribution in [-0.4, -0.2) is 18.1 Å². The van der Waals surface area contributed by atoms with E-state index in [9.17, 15) is 18.0 Å². The van der Waals surface area contributed by atoms with Crippen LogP contribution < -0.4 is 0 Å². The van der Waals surface area contributed by atoms with Crippen molar-refractivity contribution in [2.24, 2.45) is 0 Å². The van der Waals surface area contributed by atoms with Gasteiger partial charge >= 0.3 is 5.97 Å². The minimum Gasteiger partial charge on any atom is -0.469 e. The number of pyridine rings is 1. The third-order valence-corrected chi connectivity index (χ3v) is 3.13. The van der Waals surface area contributed by atoms with Crippen molar-refractivity contribution in [1.82, 2.24) is 4.98 Å². The molecule has 0 bridgehead atoms. The van der Waals surface area contributed by atoms with Crippen molar-refractivity contribution in [1.29, 1.82) is 0 Å². The Bertz CT molecular complexity index is 412. The second-order valence-corrected chi connectivity index (χ2v) is 3.93. The SMILES string of the molecule is COC(=O)Cc1cnc(F)c(C(F)F)c1I. The summed E-state index contributed by atoms with van der Waals surface area (Å²) in [6.45, 7) is 0. The Hall–Kier alpha value is -0.860. The van der Waals surface area contributed by atoms with Crippen molar-refractivity contribution < 1.29 is 22.7 Å². The van der Waals surface area contributed by atoms with E-state index in [0.717, 1.165) is 6.20 Å². The van der Waals surface area contributed by atoms with Crippen molar-refractivity contribution in [2.45, 2.75) is 12.8 Å². The number of methoxy groups -OCH3 is 1. The normalized spacial score (nSPS) is 10.6. The Morgan fingerprint density at radius 3 is 2.75 bits per heavy atom. The van der Waals surface area contributed by atoms with Crippen molar-refractivity contribution in [3.63, 3.8) is 0 Å². The summed E-state index contributed by atoms with van der Waals surface area (Å²) in [7, 11) is 1.18. The molecule has 1 aromatic heterocycles. The highest BCUT2D eigenvalue weighted by molar-refractivity contribution is 14.1. The molecule has 0 saturated heterocycles. The van der Waals surface area contributed by atoms with E-state index in [2.05, 4.69) is 9.72 Å². The van der Waals surface area contributed by atoms with Gasteiger partial charge in [-0.25, -0.2) is 13.8 Å². The molecule has 3 nitrogen and oxygen atoms in total. The fourth-order valence-electron chi connectivity index (χ4n) is 1.06. The molecule has 1 aromatic rings. The number of carbonyl (C=O) groups is 1. The predicted molar refractivity (Wildman–Crippen MR) is 57.6 cm³/mol. The van der Waals surface area contributed by atoms with Crippen LogP contribution in [0.2, 0.25) is 0 Å². The lowest BCUT2D eigenvalue weighted by atomic mass is 10.1. The van der Waals surface area contributed by atoms with Gasteiger partial charge < -0.3 is 4.74 Å². The predicted octanol–water partition coefficient (Wildman–Crippen LogP) is 2.48. The molecule has 0 amide bonds. The second-order valence-electron chi connectivity index (χ2n) is 2.86. The number of rotatable bonds is 3. The van der Waals surface area contributed by atoms with Gasteiger partial charge in [-0.05, 0) is 28.2 Å². The summed E-state index contributed by atoms with van der Waals surface area (Å²) in [6.07, 6.45) is -2.11. The maximum Gasteiger partial charge on any atom is 0.310 e. The Balaban J connectivity index is 3.13.